The van der Waals surface area contributed by atoms with Crippen molar-refractivity contribution in [3.8, 4) is 0 Å². The highest BCUT2D eigenvalue weighted by atomic mass is 35.5. The molecule has 0 saturated carbocycles. The van der Waals surface area contributed by atoms with Crippen LogP contribution in [0.4, 0.5) is 17.1 Å². The van der Waals surface area contributed by atoms with Gasteiger partial charge in [0.25, 0.3) is 5.69 Å². The first-order chi connectivity index (χ1) is 12.3. The molecule has 3 rings (SSSR count). The lowest BCUT2D eigenvalue weighted by Gasteiger charge is -2.17. The summed E-state index contributed by atoms with van der Waals surface area (Å²) in [6, 6.07) is 10.5. The molecule has 1 fully saturated rings. The number of anilines is 2. The number of benzene rings is 2. The molecule has 2 amide bonds. The van der Waals surface area contributed by atoms with E-state index < -0.39 is 10.8 Å². The smallest absolute Gasteiger partial charge is 0.271 e. The van der Waals surface area contributed by atoms with Crippen molar-refractivity contribution in [2.45, 2.75) is 6.42 Å². The van der Waals surface area contributed by atoms with Crippen LogP contribution in [0.5, 0.6) is 0 Å². The fraction of sp³-hybridized carbons (Fsp3) is 0.176. The molecule has 2 aromatic carbocycles. The SMILES string of the molecule is O=C(Nc1cccc([N+](=O)[O-])c1)C1CC(=O)N(c2ccc(Cl)c(Cl)c2)C1. The van der Waals surface area contributed by atoms with Gasteiger partial charge in [-0.15, -0.1) is 0 Å². The fourth-order valence-electron chi connectivity index (χ4n) is 2.73. The van der Waals surface area contributed by atoms with Gasteiger partial charge >= 0.3 is 0 Å². The van der Waals surface area contributed by atoms with Crippen molar-refractivity contribution in [1.82, 2.24) is 0 Å². The number of non-ortho nitro benzene ring substituents is 1. The zero-order valence-corrected chi connectivity index (χ0v) is 14.8. The number of hydrogen-bond acceptors (Lipinski definition) is 4. The molecule has 2 aromatic rings. The first-order valence-electron chi connectivity index (χ1n) is 7.66. The Morgan fingerprint density at radius 1 is 1.19 bits per heavy atom. The molecular formula is C17H13Cl2N3O4. The van der Waals surface area contributed by atoms with E-state index in [1.165, 1.54) is 23.1 Å². The summed E-state index contributed by atoms with van der Waals surface area (Å²) in [7, 11) is 0. The average Bonchev–Trinajstić information content (AvgIpc) is 2.99. The standard InChI is InChI=1S/C17H13Cl2N3O4/c18-14-5-4-12(8-15(14)19)21-9-10(6-16(21)23)17(24)20-11-2-1-3-13(7-11)22(25)26/h1-5,7-8,10H,6,9H2,(H,20,24). The molecule has 9 heteroatoms. The highest BCUT2D eigenvalue weighted by Gasteiger charge is 2.35. The summed E-state index contributed by atoms with van der Waals surface area (Å²) in [6.07, 6.45) is 0.0427. The van der Waals surface area contributed by atoms with Crippen LogP contribution in [-0.4, -0.2) is 23.3 Å². The van der Waals surface area contributed by atoms with Crippen LogP contribution < -0.4 is 10.2 Å². The van der Waals surface area contributed by atoms with E-state index in [0.29, 0.717) is 21.4 Å². The minimum atomic E-state index is -0.573. The summed E-state index contributed by atoms with van der Waals surface area (Å²) < 4.78 is 0. The van der Waals surface area contributed by atoms with Crippen molar-refractivity contribution < 1.29 is 14.5 Å². The molecule has 1 heterocycles. The topological polar surface area (TPSA) is 92.5 Å². The maximum Gasteiger partial charge on any atom is 0.271 e. The molecule has 134 valence electrons. The summed E-state index contributed by atoms with van der Waals surface area (Å²) in [5.74, 6) is -1.15. The molecule has 0 spiro atoms. The van der Waals surface area contributed by atoms with Gasteiger partial charge in [-0.3, -0.25) is 19.7 Å². The van der Waals surface area contributed by atoms with Crippen LogP contribution in [0.25, 0.3) is 0 Å². The van der Waals surface area contributed by atoms with Crippen molar-refractivity contribution in [2.24, 2.45) is 5.92 Å². The maximum absolute atomic E-state index is 12.4. The third-order valence-electron chi connectivity index (χ3n) is 4.04. The van der Waals surface area contributed by atoms with E-state index in [2.05, 4.69) is 5.32 Å². The quantitative estimate of drug-likeness (QED) is 0.629. The molecule has 0 radical (unpaired) electrons. The summed E-state index contributed by atoms with van der Waals surface area (Å²) in [4.78, 5) is 36.4. The number of carbonyl (C=O) groups is 2. The summed E-state index contributed by atoms with van der Waals surface area (Å²) in [5.41, 5.74) is 0.752. The van der Waals surface area contributed by atoms with Crippen LogP contribution in [0.15, 0.2) is 42.5 Å². The van der Waals surface area contributed by atoms with Crippen molar-refractivity contribution in [2.75, 3.05) is 16.8 Å². The molecule has 0 aromatic heterocycles. The number of halogens is 2. The Morgan fingerprint density at radius 2 is 1.96 bits per heavy atom. The Kier molecular flexibility index (Phi) is 5.11. The number of nitro benzene ring substituents is 1. The second-order valence-electron chi connectivity index (χ2n) is 5.80. The molecule has 0 bridgehead atoms. The number of carbonyl (C=O) groups excluding carboxylic acids is 2. The summed E-state index contributed by atoms with van der Waals surface area (Å²) >= 11 is 11.9. The van der Waals surface area contributed by atoms with Crippen molar-refractivity contribution in [1.29, 1.82) is 0 Å². The zero-order valence-electron chi connectivity index (χ0n) is 13.3. The average molecular weight is 394 g/mol. The first-order valence-corrected chi connectivity index (χ1v) is 8.41. The maximum atomic E-state index is 12.4. The molecule has 7 nitrogen and oxygen atoms in total. The van der Waals surface area contributed by atoms with Gasteiger partial charge in [0, 0.05) is 36.5 Å². The lowest BCUT2D eigenvalue weighted by Crippen LogP contribution is -2.28. The Hall–Kier alpha value is -2.64. The normalized spacial score (nSPS) is 16.6. The summed E-state index contributed by atoms with van der Waals surface area (Å²) in [6.45, 7) is 0.192. The Morgan fingerprint density at radius 3 is 2.65 bits per heavy atom. The molecule has 1 saturated heterocycles. The minimum absolute atomic E-state index is 0.0427. The second kappa shape index (κ2) is 7.31. The first kappa shape index (κ1) is 18.2. The van der Waals surface area contributed by atoms with Gasteiger partial charge in [0.15, 0.2) is 0 Å². The number of nitro groups is 1. The highest BCUT2D eigenvalue weighted by Crippen LogP contribution is 2.31. The van der Waals surface area contributed by atoms with Crippen LogP contribution >= 0.6 is 23.2 Å². The van der Waals surface area contributed by atoms with E-state index in [9.17, 15) is 19.7 Å². The zero-order chi connectivity index (χ0) is 18.8. The largest absolute Gasteiger partial charge is 0.326 e. The molecule has 1 atom stereocenters. The van der Waals surface area contributed by atoms with Gasteiger partial charge < -0.3 is 10.2 Å². The molecule has 1 aliphatic rings. The van der Waals surface area contributed by atoms with Gasteiger partial charge in [-0.1, -0.05) is 29.3 Å². The van der Waals surface area contributed by atoms with E-state index >= 15 is 0 Å². The van der Waals surface area contributed by atoms with E-state index in [4.69, 9.17) is 23.2 Å². The van der Waals surface area contributed by atoms with Gasteiger partial charge in [0.2, 0.25) is 11.8 Å². The summed E-state index contributed by atoms with van der Waals surface area (Å²) in [5, 5.41) is 14.1. The third kappa shape index (κ3) is 3.79. The van der Waals surface area contributed by atoms with Crippen LogP contribution in [0.2, 0.25) is 10.0 Å². The molecule has 0 aliphatic carbocycles. The van der Waals surface area contributed by atoms with Gasteiger partial charge in [-0.25, -0.2) is 0 Å². The van der Waals surface area contributed by atoms with Crippen LogP contribution in [0.3, 0.4) is 0 Å². The van der Waals surface area contributed by atoms with Gasteiger partial charge in [0.05, 0.1) is 20.9 Å². The molecular weight excluding hydrogens is 381 g/mol. The molecule has 1 N–H and O–H groups in total. The highest BCUT2D eigenvalue weighted by molar-refractivity contribution is 6.42. The van der Waals surface area contributed by atoms with E-state index in [-0.39, 0.29) is 30.5 Å². The van der Waals surface area contributed by atoms with E-state index in [0.717, 1.165) is 0 Å². The second-order valence-corrected chi connectivity index (χ2v) is 6.61. The number of nitrogens with zero attached hydrogens (tertiary/aromatic N) is 2. The lowest BCUT2D eigenvalue weighted by molar-refractivity contribution is -0.384. The van der Waals surface area contributed by atoms with Crippen molar-refractivity contribution in [3.63, 3.8) is 0 Å². The Balaban J connectivity index is 1.71. The van der Waals surface area contributed by atoms with Crippen molar-refractivity contribution >= 4 is 52.1 Å². The Bertz CT molecular complexity index is 903. The van der Waals surface area contributed by atoms with Crippen molar-refractivity contribution in [3.05, 3.63) is 62.6 Å². The van der Waals surface area contributed by atoms with Gasteiger partial charge in [0.1, 0.15) is 0 Å². The van der Waals surface area contributed by atoms with Gasteiger partial charge in [-0.2, -0.15) is 0 Å². The van der Waals surface area contributed by atoms with Crippen LogP contribution in [0, 0.1) is 16.0 Å². The number of rotatable bonds is 4. The minimum Gasteiger partial charge on any atom is -0.326 e. The molecule has 1 aliphatic heterocycles. The molecule has 26 heavy (non-hydrogen) atoms. The third-order valence-corrected chi connectivity index (χ3v) is 4.77. The number of nitrogens with one attached hydrogen (secondary N) is 1. The predicted molar refractivity (Wildman–Crippen MR) is 98.6 cm³/mol. The van der Waals surface area contributed by atoms with Gasteiger partial charge in [-0.05, 0) is 24.3 Å². The number of hydrogen-bond donors (Lipinski definition) is 1. The van der Waals surface area contributed by atoms with E-state index in [1.807, 2.05) is 0 Å². The van der Waals surface area contributed by atoms with E-state index in [1.54, 1.807) is 24.3 Å². The lowest BCUT2D eigenvalue weighted by atomic mass is 10.1. The molecule has 1 unspecified atom stereocenters. The Labute approximate surface area is 158 Å². The number of amides is 2. The van der Waals surface area contributed by atoms with Crippen LogP contribution in [-0.2, 0) is 9.59 Å². The fourth-order valence-corrected chi connectivity index (χ4v) is 3.02. The van der Waals surface area contributed by atoms with Crippen LogP contribution in [0.1, 0.15) is 6.42 Å². The monoisotopic (exact) mass is 393 g/mol. The predicted octanol–water partition coefficient (Wildman–Crippen LogP) is 3.89.